The molecule has 0 spiro atoms. The molecule has 1 saturated carbocycles. The normalized spacial score (nSPS) is 15.4. The molecule has 1 amide bonds. The molecule has 0 aromatic carbocycles. The van der Waals surface area contributed by atoms with Gasteiger partial charge < -0.3 is 15.7 Å². The van der Waals surface area contributed by atoms with Gasteiger partial charge in [-0.1, -0.05) is 0 Å². The minimum absolute atomic E-state index is 0.0791. The summed E-state index contributed by atoms with van der Waals surface area (Å²) in [6.07, 6.45) is 3.43. The predicted molar refractivity (Wildman–Crippen MR) is 62.6 cm³/mol. The average Bonchev–Trinajstić information content (AvgIpc) is 2.26. The van der Waals surface area contributed by atoms with Crippen LogP contribution in [0.4, 0.5) is 5.82 Å². The quantitative estimate of drug-likeness (QED) is 0.746. The Kier molecular flexibility index (Phi) is 3.53. The zero-order chi connectivity index (χ0) is 12.3. The SMILES string of the molecule is NC(=O)c1ccc(N(CCO)C2CCC2)nn1. The van der Waals surface area contributed by atoms with Crippen LogP contribution in [0.15, 0.2) is 12.1 Å². The third-order valence-corrected chi connectivity index (χ3v) is 3.05. The second-order valence-corrected chi connectivity index (χ2v) is 4.14. The lowest BCUT2D eigenvalue weighted by Crippen LogP contribution is -2.42. The summed E-state index contributed by atoms with van der Waals surface area (Å²) in [4.78, 5) is 12.9. The van der Waals surface area contributed by atoms with E-state index in [1.54, 1.807) is 12.1 Å². The van der Waals surface area contributed by atoms with E-state index in [4.69, 9.17) is 10.8 Å². The summed E-state index contributed by atoms with van der Waals surface area (Å²) in [7, 11) is 0. The number of carbonyl (C=O) groups excluding carboxylic acids is 1. The summed E-state index contributed by atoms with van der Waals surface area (Å²) in [6.45, 7) is 0.616. The zero-order valence-corrected chi connectivity index (χ0v) is 9.54. The van der Waals surface area contributed by atoms with Crippen molar-refractivity contribution in [2.45, 2.75) is 25.3 Å². The van der Waals surface area contributed by atoms with Crippen molar-refractivity contribution in [2.75, 3.05) is 18.1 Å². The van der Waals surface area contributed by atoms with Crippen molar-refractivity contribution in [1.29, 1.82) is 0 Å². The maximum absolute atomic E-state index is 10.9. The Morgan fingerprint density at radius 2 is 2.24 bits per heavy atom. The van der Waals surface area contributed by atoms with E-state index in [0.29, 0.717) is 18.4 Å². The number of primary amides is 1. The Morgan fingerprint density at radius 1 is 1.47 bits per heavy atom. The van der Waals surface area contributed by atoms with Crippen molar-refractivity contribution < 1.29 is 9.90 Å². The summed E-state index contributed by atoms with van der Waals surface area (Å²) in [6, 6.07) is 3.71. The van der Waals surface area contributed by atoms with Gasteiger partial charge in [0.25, 0.3) is 5.91 Å². The molecular weight excluding hydrogens is 220 g/mol. The van der Waals surface area contributed by atoms with Gasteiger partial charge in [-0.2, -0.15) is 0 Å². The molecule has 1 aromatic heterocycles. The number of amides is 1. The molecule has 92 valence electrons. The molecule has 1 heterocycles. The van der Waals surface area contributed by atoms with Crippen molar-refractivity contribution in [3.63, 3.8) is 0 Å². The second-order valence-electron chi connectivity index (χ2n) is 4.14. The first-order valence-electron chi connectivity index (χ1n) is 5.73. The van der Waals surface area contributed by atoms with E-state index in [9.17, 15) is 4.79 Å². The van der Waals surface area contributed by atoms with E-state index in [1.807, 2.05) is 4.90 Å². The maximum atomic E-state index is 10.9. The van der Waals surface area contributed by atoms with Gasteiger partial charge in [-0.05, 0) is 31.4 Å². The van der Waals surface area contributed by atoms with Gasteiger partial charge in [0.05, 0.1) is 6.61 Å². The van der Waals surface area contributed by atoms with Crippen LogP contribution in [0, 0.1) is 0 Å². The largest absolute Gasteiger partial charge is 0.395 e. The van der Waals surface area contributed by atoms with Crippen molar-refractivity contribution >= 4 is 11.7 Å². The van der Waals surface area contributed by atoms with Crippen molar-refractivity contribution in [1.82, 2.24) is 10.2 Å². The molecule has 6 heteroatoms. The number of aliphatic hydroxyl groups is 1. The molecule has 0 atom stereocenters. The Hall–Kier alpha value is -1.69. The van der Waals surface area contributed by atoms with Crippen molar-refractivity contribution in [3.05, 3.63) is 17.8 Å². The number of aliphatic hydroxyl groups excluding tert-OH is 1. The van der Waals surface area contributed by atoms with Crippen LogP contribution in [0.1, 0.15) is 29.8 Å². The third kappa shape index (κ3) is 2.52. The smallest absolute Gasteiger partial charge is 0.269 e. The first-order valence-corrected chi connectivity index (χ1v) is 5.73. The summed E-state index contributed by atoms with van der Waals surface area (Å²) in [5.74, 6) is 0.107. The van der Waals surface area contributed by atoms with Crippen LogP contribution >= 0.6 is 0 Å². The van der Waals surface area contributed by atoms with E-state index in [-0.39, 0.29) is 12.3 Å². The second kappa shape index (κ2) is 5.09. The lowest BCUT2D eigenvalue weighted by molar-refractivity contribution is 0.0994. The van der Waals surface area contributed by atoms with Gasteiger partial charge in [0.2, 0.25) is 0 Å². The number of hydrogen-bond donors (Lipinski definition) is 2. The van der Waals surface area contributed by atoms with E-state index < -0.39 is 5.91 Å². The molecule has 1 fully saturated rings. The molecule has 0 saturated heterocycles. The van der Waals surface area contributed by atoms with Crippen LogP contribution in [-0.4, -0.2) is 40.4 Å². The fourth-order valence-electron chi connectivity index (χ4n) is 1.90. The highest BCUT2D eigenvalue weighted by atomic mass is 16.3. The molecule has 0 unspecified atom stereocenters. The van der Waals surface area contributed by atoms with Crippen molar-refractivity contribution in [2.24, 2.45) is 5.73 Å². The highest BCUT2D eigenvalue weighted by Gasteiger charge is 2.25. The number of carbonyl (C=O) groups is 1. The summed E-state index contributed by atoms with van der Waals surface area (Å²) < 4.78 is 0. The van der Waals surface area contributed by atoms with Gasteiger partial charge in [-0.25, -0.2) is 0 Å². The highest BCUT2D eigenvalue weighted by Crippen LogP contribution is 2.27. The molecule has 1 aliphatic rings. The molecule has 17 heavy (non-hydrogen) atoms. The highest BCUT2D eigenvalue weighted by molar-refractivity contribution is 5.90. The van der Waals surface area contributed by atoms with Crippen molar-refractivity contribution in [3.8, 4) is 0 Å². The van der Waals surface area contributed by atoms with E-state index in [0.717, 1.165) is 12.8 Å². The minimum atomic E-state index is -0.582. The Morgan fingerprint density at radius 3 is 2.65 bits per heavy atom. The van der Waals surface area contributed by atoms with Gasteiger partial charge in [-0.15, -0.1) is 10.2 Å². The predicted octanol–water partition coefficient (Wildman–Crippen LogP) is -0.0733. The molecule has 6 nitrogen and oxygen atoms in total. The molecule has 1 aromatic rings. The molecular formula is C11H16N4O2. The molecule has 0 aliphatic heterocycles. The lowest BCUT2D eigenvalue weighted by atomic mass is 9.91. The fraction of sp³-hybridized carbons (Fsp3) is 0.545. The topological polar surface area (TPSA) is 92.3 Å². The van der Waals surface area contributed by atoms with E-state index in [1.165, 1.54) is 6.42 Å². The fourth-order valence-corrected chi connectivity index (χ4v) is 1.90. The summed E-state index contributed by atoms with van der Waals surface area (Å²) in [5.41, 5.74) is 5.26. The molecule has 1 aliphatic carbocycles. The van der Waals surface area contributed by atoms with E-state index >= 15 is 0 Å². The van der Waals surface area contributed by atoms with Crippen LogP contribution in [0.25, 0.3) is 0 Å². The monoisotopic (exact) mass is 236 g/mol. The Bertz CT molecular complexity index is 389. The third-order valence-electron chi connectivity index (χ3n) is 3.05. The molecule has 3 N–H and O–H groups in total. The van der Waals surface area contributed by atoms with Gasteiger partial charge >= 0.3 is 0 Å². The number of nitrogens with two attached hydrogens (primary N) is 1. The van der Waals surface area contributed by atoms with Crippen LogP contribution in [0.2, 0.25) is 0 Å². The van der Waals surface area contributed by atoms with Crippen LogP contribution in [0.3, 0.4) is 0 Å². The Labute approximate surface area is 99.4 Å². The number of aromatic nitrogens is 2. The zero-order valence-electron chi connectivity index (χ0n) is 9.54. The van der Waals surface area contributed by atoms with Gasteiger partial charge in [0.1, 0.15) is 0 Å². The first-order chi connectivity index (χ1) is 8.22. The number of nitrogens with zero attached hydrogens (tertiary/aromatic N) is 3. The molecule has 0 radical (unpaired) electrons. The molecule has 0 bridgehead atoms. The van der Waals surface area contributed by atoms with Gasteiger partial charge in [0.15, 0.2) is 11.5 Å². The number of rotatable bonds is 5. The van der Waals surface area contributed by atoms with Crippen LogP contribution in [0.5, 0.6) is 0 Å². The standard InChI is InChI=1S/C11H16N4O2/c12-11(17)9-4-5-10(14-13-9)15(6-7-16)8-2-1-3-8/h4-5,8,16H,1-3,6-7H2,(H2,12,17). The molecule has 2 rings (SSSR count). The number of hydrogen-bond acceptors (Lipinski definition) is 5. The first kappa shape index (κ1) is 11.8. The van der Waals surface area contributed by atoms with Gasteiger partial charge in [-0.3, -0.25) is 4.79 Å². The van der Waals surface area contributed by atoms with Crippen LogP contribution in [-0.2, 0) is 0 Å². The van der Waals surface area contributed by atoms with E-state index in [2.05, 4.69) is 10.2 Å². The van der Waals surface area contributed by atoms with Crippen LogP contribution < -0.4 is 10.6 Å². The minimum Gasteiger partial charge on any atom is -0.395 e. The maximum Gasteiger partial charge on any atom is 0.269 e. The summed E-state index contributed by atoms with van der Waals surface area (Å²) >= 11 is 0. The van der Waals surface area contributed by atoms with Gasteiger partial charge in [0, 0.05) is 12.6 Å². The number of anilines is 1. The Balaban J connectivity index is 2.14. The lowest BCUT2D eigenvalue weighted by Gasteiger charge is -2.37. The average molecular weight is 236 g/mol. The summed E-state index contributed by atoms with van der Waals surface area (Å²) in [5, 5.41) is 16.8.